The van der Waals surface area contributed by atoms with E-state index in [1.807, 2.05) is 50.0 Å². The lowest BCUT2D eigenvalue weighted by Crippen LogP contribution is -2.41. The minimum Gasteiger partial charge on any atom is -0.497 e. The molecule has 0 radical (unpaired) electrons. The number of rotatable bonds is 5. The van der Waals surface area contributed by atoms with Crippen LogP contribution in [0.2, 0.25) is 0 Å². The molecule has 2 heterocycles. The summed E-state index contributed by atoms with van der Waals surface area (Å²) in [5, 5.41) is 18.1. The van der Waals surface area contributed by atoms with Gasteiger partial charge in [0.1, 0.15) is 5.75 Å². The molecule has 0 spiro atoms. The van der Waals surface area contributed by atoms with Crippen molar-refractivity contribution in [1.82, 2.24) is 19.7 Å². The Morgan fingerprint density at radius 3 is 2.71 bits per heavy atom. The van der Waals surface area contributed by atoms with E-state index in [9.17, 15) is 9.90 Å². The third-order valence-corrected chi connectivity index (χ3v) is 5.92. The Balaban J connectivity index is 1.71. The fourth-order valence-electron chi connectivity index (χ4n) is 4.15. The van der Waals surface area contributed by atoms with E-state index >= 15 is 0 Å². The van der Waals surface area contributed by atoms with Crippen molar-refractivity contribution in [3.8, 4) is 5.75 Å². The molecular formula is C21H26N4O3. The molecule has 4 rings (SSSR count). The van der Waals surface area contributed by atoms with Crippen LogP contribution in [0.3, 0.4) is 0 Å². The number of benzene rings is 1. The Kier molecular flexibility index (Phi) is 4.63. The molecule has 148 valence electrons. The monoisotopic (exact) mass is 382 g/mol. The highest BCUT2D eigenvalue weighted by Gasteiger charge is 2.37. The van der Waals surface area contributed by atoms with Crippen molar-refractivity contribution in [2.24, 2.45) is 20.0 Å². The number of nitrogens with zero attached hydrogens (tertiary/aromatic N) is 3. The molecule has 2 N–H and O–H groups in total. The number of hydrogen-bond donors (Lipinski definition) is 2. The summed E-state index contributed by atoms with van der Waals surface area (Å²) in [5.41, 5.74) is 3.51. The standard InChI is InChI=1S/C21H26N4O3/c1-12-19(17-9-16(28-4)5-6-18(17)25(12)3)21(27)23-20(13-7-15(26)8-13)14-10-22-24(2)11-14/h5-6,9-11,13,15,20,26H,7-8H2,1-4H3,(H,23,27)/t13?,15?,20-/m1/s1. The van der Waals surface area contributed by atoms with Crippen molar-refractivity contribution in [2.75, 3.05) is 7.11 Å². The minimum atomic E-state index is -0.287. The number of carbonyl (C=O) groups is 1. The van der Waals surface area contributed by atoms with E-state index in [1.165, 1.54) is 0 Å². The van der Waals surface area contributed by atoms with Crippen LogP contribution >= 0.6 is 0 Å². The van der Waals surface area contributed by atoms with Gasteiger partial charge in [0.25, 0.3) is 5.91 Å². The van der Waals surface area contributed by atoms with E-state index in [4.69, 9.17) is 4.74 Å². The molecule has 1 aromatic carbocycles. The van der Waals surface area contributed by atoms with Gasteiger partial charge >= 0.3 is 0 Å². The van der Waals surface area contributed by atoms with Gasteiger partial charge in [-0.3, -0.25) is 9.48 Å². The molecule has 1 fully saturated rings. The first-order valence-electron chi connectivity index (χ1n) is 9.49. The third kappa shape index (κ3) is 3.05. The van der Waals surface area contributed by atoms with E-state index in [0.717, 1.165) is 27.9 Å². The lowest BCUT2D eigenvalue weighted by molar-refractivity contribution is 0.0235. The maximum absolute atomic E-state index is 13.4. The topological polar surface area (TPSA) is 81.3 Å². The van der Waals surface area contributed by atoms with Gasteiger partial charge < -0.3 is 19.7 Å². The molecule has 0 bridgehead atoms. The number of hydrogen-bond acceptors (Lipinski definition) is 4. The highest BCUT2D eigenvalue weighted by atomic mass is 16.5. The van der Waals surface area contributed by atoms with Crippen LogP contribution in [-0.2, 0) is 14.1 Å². The maximum atomic E-state index is 13.4. The van der Waals surface area contributed by atoms with Crippen LogP contribution < -0.4 is 10.1 Å². The number of ether oxygens (including phenoxy) is 1. The van der Waals surface area contributed by atoms with Crippen LogP contribution in [0.15, 0.2) is 30.6 Å². The molecule has 1 atom stereocenters. The van der Waals surface area contributed by atoms with Gasteiger partial charge in [-0.1, -0.05) is 0 Å². The van der Waals surface area contributed by atoms with E-state index in [1.54, 1.807) is 18.0 Å². The van der Waals surface area contributed by atoms with Crippen molar-refractivity contribution in [3.05, 3.63) is 47.4 Å². The predicted octanol–water partition coefficient (Wildman–Crippen LogP) is 2.47. The Hall–Kier alpha value is -2.80. The van der Waals surface area contributed by atoms with Gasteiger partial charge in [-0.2, -0.15) is 5.10 Å². The summed E-state index contributed by atoms with van der Waals surface area (Å²) in [7, 11) is 5.44. The van der Waals surface area contributed by atoms with Crippen LogP contribution in [0.25, 0.3) is 10.9 Å². The molecule has 28 heavy (non-hydrogen) atoms. The first-order valence-corrected chi connectivity index (χ1v) is 9.49. The Labute approximate surface area is 163 Å². The SMILES string of the molecule is COc1ccc2c(c1)c(C(=O)N[C@@H](c1cnn(C)c1)C1CC(O)C1)c(C)n2C. The summed E-state index contributed by atoms with van der Waals surface area (Å²) in [6.45, 7) is 1.95. The number of amides is 1. The molecule has 2 aromatic heterocycles. The lowest BCUT2D eigenvalue weighted by atomic mass is 9.75. The second-order valence-corrected chi connectivity index (χ2v) is 7.69. The van der Waals surface area contributed by atoms with Crippen LogP contribution in [0, 0.1) is 12.8 Å². The zero-order chi connectivity index (χ0) is 20.0. The summed E-state index contributed by atoms with van der Waals surface area (Å²) >= 11 is 0. The van der Waals surface area contributed by atoms with Crippen LogP contribution in [0.4, 0.5) is 0 Å². The van der Waals surface area contributed by atoms with Gasteiger partial charge in [-0.25, -0.2) is 0 Å². The molecule has 1 saturated carbocycles. The van der Waals surface area contributed by atoms with Gasteiger partial charge in [-0.05, 0) is 43.9 Å². The van der Waals surface area contributed by atoms with E-state index in [-0.39, 0.29) is 24.0 Å². The number of aliphatic hydroxyl groups is 1. The molecule has 0 aliphatic heterocycles. The number of nitrogens with one attached hydrogen (secondary N) is 1. The predicted molar refractivity (Wildman–Crippen MR) is 106 cm³/mol. The first kappa shape index (κ1) is 18.6. The summed E-state index contributed by atoms with van der Waals surface area (Å²) in [4.78, 5) is 13.4. The largest absolute Gasteiger partial charge is 0.497 e. The van der Waals surface area contributed by atoms with Crippen molar-refractivity contribution in [3.63, 3.8) is 0 Å². The van der Waals surface area contributed by atoms with Crippen molar-refractivity contribution >= 4 is 16.8 Å². The second-order valence-electron chi connectivity index (χ2n) is 7.69. The molecule has 1 amide bonds. The quantitative estimate of drug-likeness (QED) is 0.710. The zero-order valence-corrected chi connectivity index (χ0v) is 16.6. The van der Waals surface area contributed by atoms with Crippen molar-refractivity contribution < 1.29 is 14.6 Å². The number of aryl methyl sites for hydroxylation is 2. The first-order chi connectivity index (χ1) is 13.4. The maximum Gasteiger partial charge on any atom is 0.254 e. The highest BCUT2D eigenvalue weighted by molar-refractivity contribution is 6.08. The third-order valence-electron chi connectivity index (χ3n) is 5.92. The normalized spacial score (nSPS) is 20.0. The molecule has 1 aliphatic carbocycles. The van der Waals surface area contributed by atoms with E-state index in [2.05, 4.69) is 10.4 Å². The highest BCUT2D eigenvalue weighted by Crippen LogP contribution is 2.38. The lowest BCUT2D eigenvalue weighted by Gasteiger charge is -2.37. The van der Waals surface area contributed by atoms with Crippen LogP contribution in [0.5, 0.6) is 5.75 Å². The Bertz CT molecular complexity index is 1030. The van der Waals surface area contributed by atoms with Crippen molar-refractivity contribution in [2.45, 2.75) is 31.9 Å². The van der Waals surface area contributed by atoms with Crippen molar-refractivity contribution in [1.29, 1.82) is 0 Å². The van der Waals surface area contributed by atoms with Gasteiger partial charge in [0, 0.05) is 42.5 Å². The summed E-state index contributed by atoms with van der Waals surface area (Å²) in [5.74, 6) is 0.803. The number of aliphatic hydroxyl groups excluding tert-OH is 1. The fraction of sp³-hybridized carbons (Fsp3) is 0.429. The average Bonchev–Trinajstić information content (AvgIpc) is 3.18. The van der Waals surface area contributed by atoms with Gasteiger partial charge in [-0.15, -0.1) is 0 Å². The van der Waals surface area contributed by atoms with Gasteiger partial charge in [0.05, 0.1) is 31.0 Å². The Morgan fingerprint density at radius 2 is 2.11 bits per heavy atom. The summed E-state index contributed by atoms with van der Waals surface area (Å²) in [6.07, 6.45) is 4.79. The number of carbonyl (C=O) groups excluding carboxylic acids is 1. The van der Waals surface area contributed by atoms with Gasteiger partial charge in [0.2, 0.25) is 0 Å². The molecule has 1 aliphatic rings. The smallest absolute Gasteiger partial charge is 0.254 e. The van der Waals surface area contributed by atoms with Gasteiger partial charge in [0.15, 0.2) is 0 Å². The zero-order valence-electron chi connectivity index (χ0n) is 16.6. The Morgan fingerprint density at radius 1 is 1.36 bits per heavy atom. The number of aromatic nitrogens is 3. The molecule has 7 nitrogen and oxygen atoms in total. The molecule has 3 aromatic rings. The minimum absolute atomic E-state index is 0.119. The summed E-state index contributed by atoms with van der Waals surface area (Å²) in [6, 6.07) is 5.60. The average molecular weight is 382 g/mol. The van der Waals surface area contributed by atoms with E-state index in [0.29, 0.717) is 18.4 Å². The molecule has 0 unspecified atom stereocenters. The second kappa shape index (κ2) is 6.98. The molecule has 0 saturated heterocycles. The van der Waals surface area contributed by atoms with E-state index < -0.39 is 0 Å². The summed E-state index contributed by atoms with van der Waals surface area (Å²) < 4.78 is 9.11. The van der Waals surface area contributed by atoms with Crippen LogP contribution in [0.1, 0.15) is 40.5 Å². The van der Waals surface area contributed by atoms with Crippen LogP contribution in [-0.4, -0.2) is 38.6 Å². The fourth-order valence-corrected chi connectivity index (χ4v) is 4.15. The molecular weight excluding hydrogens is 356 g/mol. The number of fused-ring (bicyclic) bond motifs is 1. The molecule has 7 heteroatoms. The number of methoxy groups -OCH3 is 1.